The first kappa shape index (κ1) is 31.9. The Hall–Kier alpha value is -3.02. The lowest BCUT2D eigenvalue weighted by molar-refractivity contribution is -0.160. The van der Waals surface area contributed by atoms with E-state index in [0.717, 1.165) is 0 Å². The summed E-state index contributed by atoms with van der Waals surface area (Å²) in [5.41, 5.74) is -0.574. The molecule has 0 saturated carbocycles. The normalized spacial score (nSPS) is 28.4. The highest BCUT2D eigenvalue weighted by molar-refractivity contribution is 9.09. The molecule has 3 saturated heterocycles. The Morgan fingerprint density at radius 3 is 2.60 bits per heavy atom. The van der Waals surface area contributed by atoms with Crippen LogP contribution in [0.4, 0.5) is 0 Å². The van der Waals surface area contributed by atoms with E-state index in [0.29, 0.717) is 18.4 Å². The molecule has 1 aromatic rings. The number of fused-ring (bicyclic) bond motifs is 1. The van der Waals surface area contributed by atoms with Crippen LogP contribution in [0.2, 0.25) is 0 Å². The van der Waals surface area contributed by atoms with Crippen molar-refractivity contribution in [2.75, 3.05) is 26.2 Å². The van der Waals surface area contributed by atoms with Gasteiger partial charge in [0.1, 0.15) is 17.7 Å². The SMILES string of the molecule is C=CCCC(=O)NC[C@@H](OC(=O)[C@H]1[C@@H]2O[C@@]3(CC2Br)[C@@H]1C(=O)N(CCO)[C@@H]3C(=O)N(CC=C)C(C)C)c1ccccc1. The summed E-state index contributed by atoms with van der Waals surface area (Å²) in [6.07, 6.45) is 2.91. The average Bonchev–Trinajstić information content (AvgIpc) is 3.56. The van der Waals surface area contributed by atoms with Gasteiger partial charge in [0.2, 0.25) is 17.7 Å². The predicted octanol–water partition coefficient (Wildman–Crippen LogP) is 2.52. The highest BCUT2D eigenvalue weighted by Gasteiger charge is 2.77. The Morgan fingerprint density at radius 1 is 1.26 bits per heavy atom. The molecule has 3 fully saturated rings. The number of carbonyl (C=O) groups is 4. The van der Waals surface area contributed by atoms with Crippen LogP contribution in [0.1, 0.15) is 44.8 Å². The minimum atomic E-state index is -1.26. The summed E-state index contributed by atoms with van der Waals surface area (Å²) < 4.78 is 12.5. The van der Waals surface area contributed by atoms with Crippen molar-refractivity contribution in [1.29, 1.82) is 0 Å². The molecular formula is C31H40BrN3O7. The van der Waals surface area contributed by atoms with E-state index in [2.05, 4.69) is 34.4 Å². The number of halogens is 1. The molecule has 1 aromatic carbocycles. The number of hydrogen-bond donors (Lipinski definition) is 2. The number of hydrogen-bond acceptors (Lipinski definition) is 7. The summed E-state index contributed by atoms with van der Waals surface area (Å²) in [4.78, 5) is 57.0. The molecule has 1 unspecified atom stereocenters. The van der Waals surface area contributed by atoms with Gasteiger partial charge in [0.05, 0.1) is 31.1 Å². The number of likely N-dealkylation sites (tertiary alicyclic amines) is 1. The molecule has 0 aromatic heterocycles. The number of rotatable bonds is 14. The van der Waals surface area contributed by atoms with Gasteiger partial charge in [-0.2, -0.15) is 0 Å². The summed E-state index contributed by atoms with van der Waals surface area (Å²) in [5.74, 6) is -3.50. The van der Waals surface area contributed by atoms with E-state index in [1.165, 1.54) is 4.90 Å². The molecule has 42 heavy (non-hydrogen) atoms. The van der Waals surface area contributed by atoms with Crippen LogP contribution in [-0.4, -0.2) is 93.5 Å². The van der Waals surface area contributed by atoms with Gasteiger partial charge in [-0.3, -0.25) is 19.2 Å². The van der Waals surface area contributed by atoms with Crippen LogP contribution < -0.4 is 5.32 Å². The fraction of sp³-hybridized carbons (Fsp3) is 0.548. The number of alkyl halides is 1. The third kappa shape index (κ3) is 5.91. The number of ether oxygens (including phenoxy) is 2. The third-order valence-corrected chi connectivity index (χ3v) is 9.20. The fourth-order valence-electron chi connectivity index (χ4n) is 6.52. The van der Waals surface area contributed by atoms with Crippen LogP contribution in [-0.2, 0) is 28.7 Å². The number of nitrogens with zero attached hydrogens (tertiary/aromatic N) is 2. The largest absolute Gasteiger partial charge is 0.455 e. The number of esters is 1. The first-order valence-corrected chi connectivity index (χ1v) is 15.3. The van der Waals surface area contributed by atoms with Gasteiger partial charge in [0.15, 0.2) is 0 Å². The maximum absolute atomic E-state index is 14.0. The van der Waals surface area contributed by atoms with Gasteiger partial charge in [0, 0.05) is 30.4 Å². The van der Waals surface area contributed by atoms with Gasteiger partial charge in [0.25, 0.3) is 0 Å². The molecule has 1 spiro atoms. The standard InChI is InChI=1S/C31H40BrN3O7/c1-5-7-13-23(37)33-18-22(20-11-9-8-10-12-20)41-30(40)24-25-28(38)35(15-16-36)27(29(39)34(14-6-2)19(3)4)31(25)17-21(32)26(24)42-31/h5-6,8-12,19,21-22,24-27,36H,1-2,7,13-18H2,3-4H3,(H,33,37)/t21?,22-,24-,25+,26-,27-,31+/m1/s1. The van der Waals surface area contributed by atoms with E-state index >= 15 is 0 Å². The van der Waals surface area contributed by atoms with Crippen molar-refractivity contribution in [2.24, 2.45) is 11.8 Å². The number of amides is 3. The van der Waals surface area contributed by atoms with Crippen molar-refractivity contribution in [3.8, 4) is 0 Å². The van der Waals surface area contributed by atoms with Gasteiger partial charge in [-0.15, -0.1) is 13.2 Å². The van der Waals surface area contributed by atoms with Gasteiger partial charge >= 0.3 is 5.97 Å². The number of aliphatic hydroxyl groups excluding tert-OH is 1. The summed E-state index contributed by atoms with van der Waals surface area (Å²) in [6, 6.07) is 7.88. The number of nitrogens with one attached hydrogen (secondary N) is 1. The summed E-state index contributed by atoms with van der Waals surface area (Å²) in [7, 11) is 0. The predicted molar refractivity (Wildman–Crippen MR) is 159 cm³/mol. The van der Waals surface area contributed by atoms with Crippen molar-refractivity contribution in [2.45, 2.75) is 67.8 Å². The maximum atomic E-state index is 14.0. The monoisotopic (exact) mass is 645 g/mol. The van der Waals surface area contributed by atoms with Crippen LogP contribution in [0.3, 0.4) is 0 Å². The van der Waals surface area contributed by atoms with Gasteiger partial charge < -0.3 is 29.7 Å². The molecule has 3 aliphatic heterocycles. The van der Waals surface area contributed by atoms with E-state index < -0.39 is 47.6 Å². The van der Waals surface area contributed by atoms with Crippen LogP contribution in [0.25, 0.3) is 0 Å². The van der Waals surface area contributed by atoms with Crippen molar-refractivity contribution < 1.29 is 33.8 Å². The topological polar surface area (TPSA) is 125 Å². The fourth-order valence-corrected chi connectivity index (χ4v) is 7.46. The lowest BCUT2D eigenvalue weighted by atomic mass is 9.70. The van der Waals surface area contributed by atoms with E-state index in [-0.39, 0.29) is 55.3 Å². The van der Waals surface area contributed by atoms with E-state index in [1.54, 1.807) is 29.2 Å². The number of benzene rings is 1. The molecule has 7 atom stereocenters. The second-order valence-electron chi connectivity index (χ2n) is 11.3. The molecule has 11 heteroatoms. The second-order valence-corrected chi connectivity index (χ2v) is 12.4. The molecular weight excluding hydrogens is 606 g/mol. The Kier molecular flexibility index (Phi) is 10.3. The lowest BCUT2D eigenvalue weighted by Crippen LogP contribution is -2.58. The van der Waals surface area contributed by atoms with Crippen LogP contribution >= 0.6 is 15.9 Å². The Bertz CT molecular complexity index is 1190. The highest BCUT2D eigenvalue weighted by Crippen LogP contribution is 2.60. The molecule has 2 bridgehead atoms. The Labute approximate surface area is 255 Å². The molecule has 2 N–H and O–H groups in total. The minimum absolute atomic E-state index is 0.0497. The van der Waals surface area contributed by atoms with E-state index in [4.69, 9.17) is 9.47 Å². The average molecular weight is 647 g/mol. The molecule has 3 aliphatic rings. The number of allylic oxidation sites excluding steroid dienone is 1. The maximum Gasteiger partial charge on any atom is 0.313 e. The Balaban J connectivity index is 1.64. The quantitative estimate of drug-likeness (QED) is 0.181. The second kappa shape index (κ2) is 13.5. The molecule has 10 nitrogen and oxygen atoms in total. The molecule has 3 amide bonds. The van der Waals surface area contributed by atoms with Crippen LogP contribution in [0.5, 0.6) is 0 Å². The third-order valence-electron chi connectivity index (χ3n) is 8.36. The summed E-state index contributed by atoms with van der Waals surface area (Å²) in [5, 5.41) is 12.7. The zero-order chi connectivity index (χ0) is 30.6. The summed E-state index contributed by atoms with van der Waals surface area (Å²) >= 11 is 3.65. The van der Waals surface area contributed by atoms with Gasteiger partial charge in [-0.1, -0.05) is 58.4 Å². The van der Waals surface area contributed by atoms with Crippen molar-refractivity contribution in [3.63, 3.8) is 0 Å². The smallest absolute Gasteiger partial charge is 0.313 e. The van der Waals surface area contributed by atoms with Gasteiger partial charge in [-0.25, -0.2) is 0 Å². The van der Waals surface area contributed by atoms with Crippen LogP contribution in [0.15, 0.2) is 55.6 Å². The first-order valence-electron chi connectivity index (χ1n) is 14.4. The van der Waals surface area contributed by atoms with Crippen LogP contribution in [0, 0.1) is 11.8 Å². The number of carbonyl (C=O) groups excluding carboxylic acids is 4. The molecule has 3 heterocycles. The van der Waals surface area contributed by atoms with Crippen molar-refractivity contribution >= 4 is 39.6 Å². The molecule has 228 valence electrons. The zero-order valence-electron chi connectivity index (χ0n) is 24.1. The Morgan fingerprint density at radius 2 is 1.98 bits per heavy atom. The number of β-amino-alcohol motifs (C(OH)–C–C–N with tert-alkyl or cyclic N) is 1. The van der Waals surface area contributed by atoms with Crippen molar-refractivity contribution in [3.05, 3.63) is 61.2 Å². The summed E-state index contributed by atoms with van der Waals surface area (Å²) in [6.45, 7) is 11.1. The van der Waals surface area contributed by atoms with Gasteiger partial charge in [-0.05, 0) is 32.3 Å². The first-order chi connectivity index (χ1) is 20.1. The minimum Gasteiger partial charge on any atom is -0.455 e. The molecule has 4 rings (SSSR count). The molecule has 0 aliphatic carbocycles. The number of aliphatic hydroxyl groups is 1. The van der Waals surface area contributed by atoms with Crippen molar-refractivity contribution in [1.82, 2.24) is 15.1 Å². The highest BCUT2D eigenvalue weighted by atomic mass is 79.9. The molecule has 0 radical (unpaired) electrons. The lowest BCUT2D eigenvalue weighted by Gasteiger charge is -2.38. The zero-order valence-corrected chi connectivity index (χ0v) is 25.7. The van der Waals surface area contributed by atoms with E-state index in [9.17, 15) is 24.3 Å². The van der Waals surface area contributed by atoms with E-state index in [1.807, 2.05) is 32.0 Å².